The first-order chi connectivity index (χ1) is 4.47. The highest BCUT2D eigenvalue weighted by molar-refractivity contribution is 4.83. The van der Waals surface area contributed by atoms with E-state index >= 15 is 0 Å². The number of hydrogen-bond donors (Lipinski definition) is 0. The molecule has 1 aliphatic rings. The smallest absolute Gasteiger partial charge is 0.151 e. The molecule has 0 spiro atoms. The zero-order chi connectivity index (χ0) is 6.10. The Balaban J connectivity index is 2.39. The highest BCUT2D eigenvalue weighted by atomic mass is 15.5. The molecule has 0 aliphatic carbocycles. The lowest BCUT2D eigenvalue weighted by Gasteiger charge is -2.08. The molecule has 4 nitrogen and oxygen atoms in total. The third kappa shape index (κ3) is 0.704. The van der Waals surface area contributed by atoms with E-state index in [1.54, 1.807) is 0 Å². The molecular formula is C5H8N4. The summed E-state index contributed by atoms with van der Waals surface area (Å²) in [6.45, 7) is 1.00. The number of fused-ring (bicyclic) bond motifs is 1. The van der Waals surface area contributed by atoms with Crippen LogP contribution in [0.2, 0.25) is 0 Å². The van der Waals surface area contributed by atoms with Crippen LogP contribution >= 0.6 is 0 Å². The minimum atomic E-state index is 1.00. The maximum atomic E-state index is 3.86. The molecule has 0 fully saturated rings. The Labute approximate surface area is 52.9 Å². The Morgan fingerprint density at radius 2 is 2.33 bits per heavy atom. The summed E-state index contributed by atoms with van der Waals surface area (Å²) in [5.74, 6) is 1.04. The van der Waals surface area contributed by atoms with E-state index in [2.05, 4.69) is 15.5 Å². The van der Waals surface area contributed by atoms with Gasteiger partial charge in [0.25, 0.3) is 0 Å². The maximum Gasteiger partial charge on any atom is 0.151 e. The van der Waals surface area contributed by atoms with Crippen molar-refractivity contribution in [2.75, 3.05) is 0 Å². The highest BCUT2D eigenvalue weighted by Crippen LogP contribution is 2.07. The van der Waals surface area contributed by atoms with Crippen molar-refractivity contribution < 1.29 is 0 Å². The van der Waals surface area contributed by atoms with Crippen LogP contribution in [0.3, 0.4) is 0 Å². The van der Waals surface area contributed by atoms with Gasteiger partial charge in [-0.2, -0.15) is 0 Å². The number of tetrazole rings is 1. The first kappa shape index (κ1) is 4.90. The summed E-state index contributed by atoms with van der Waals surface area (Å²) in [4.78, 5) is 0. The summed E-state index contributed by atoms with van der Waals surface area (Å²) in [6, 6.07) is 0. The van der Waals surface area contributed by atoms with Gasteiger partial charge in [0.05, 0.1) is 0 Å². The van der Waals surface area contributed by atoms with E-state index in [0.29, 0.717) is 0 Å². The van der Waals surface area contributed by atoms with Crippen molar-refractivity contribution in [2.24, 2.45) is 0 Å². The molecule has 1 aliphatic heterocycles. The van der Waals surface area contributed by atoms with Crippen molar-refractivity contribution in [2.45, 2.75) is 25.8 Å². The SMILES string of the molecule is C1CCn2nnnc2C1. The molecule has 0 N–H and O–H groups in total. The molecule has 0 saturated carbocycles. The zero-order valence-electron chi connectivity index (χ0n) is 5.12. The lowest BCUT2D eigenvalue weighted by Crippen LogP contribution is -2.11. The van der Waals surface area contributed by atoms with Crippen LogP contribution in [0.15, 0.2) is 0 Å². The second kappa shape index (κ2) is 1.79. The Kier molecular flexibility index (Phi) is 0.974. The highest BCUT2D eigenvalue weighted by Gasteiger charge is 2.09. The fraction of sp³-hybridized carbons (Fsp3) is 0.800. The van der Waals surface area contributed by atoms with Crippen molar-refractivity contribution in [3.05, 3.63) is 5.82 Å². The molecule has 9 heavy (non-hydrogen) atoms. The molecule has 48 valence electrons. The Morgan fingerprint density at radius 1 is 1.33 bits per heavy atom. The van der Waals surface area contributed by atoms with Crippen molar-refractivity contribution in [1.29, 1.82) is 0 Å². The largest absolute Gasteiger partial charge is 0.230 e. The van der Waals surface area contributed by atoms with Gasteiger partial charge >= 0.3 is 0 Å². The fourth-order valence-corrected chi connectivity index (χ4v) is 1.12. The van der Waals surface area contributed by atoms with Crippen molar-refractivity contribution in [3.8, 4) is 0 Å². The van der Waals surface area contributed by atoms with Gasteiger partial charge in [-0.25, -0.2) is 4.68 Å². The predicted molar refractivity (Wildman–Crippen MR) is 30.8 cm³/mol. The van der Waals surface area contributed by atoms with Crippen molar-refractivity contribution >= 4 is 0 Å². The molecule has 0 amide bonds. The minimum Gasteiger partial charge on any atom is -0.230 e. The quantitative estimate of drug-likeness (QED) is 0.489. The summed E-state index contributed by atoms with van der Waals surface area (Å²) in [5, 5.41) is 11.2. The number of hydrogen-bond acceptors (Lipinski definition) is 3. The van der Waals surface area contributed by atoms with Crippen LogP contribution in [0.4, 0.5) is 0 Å². The summed E-state index contributed by atoms with van der Waals surface area (Å²) in [6.07, 6.45) is 3.51. The van der Waals surface area contributed by atoms with Gasteiger partial charge in [-0.3, -0.25) is 0 Å². The average Bonchev–Trinajstić information content (AvgIpc) is 2.33. The van der Waals surface area contributed by atoms with E-state index < -0.39 is 0 Å². The normalized spacial score (nSPS) is 17.3. The van der Waals surface area contributed by atoms with Crippen LogP contribution in [0, 0.1) is 0 Å². The van der Waals surface area contributed by atoms with Crippen LogP contribution in [-0.2, 0) is 13.0 Å². The summed E-state index contributed by atoms with van der Waals surface area (Å²) >= 11 is 0. The van der Waals surface area contributed by atoms with Gasteiger partial charge in [0.2, 0.25) is 0 Å². The molecular weight excluding hydrogens is 116 g/mol. The third-order valence-electron chi connectivity index (χ3n) is 1.63. The average molecular weight is 124 g/mol. The van der Waals surface area contributed by atoms with E-state index in [0.717, 1.165) is 18.8 Å². The topological polar surface area (TPSA) is 43.6 Å². The summed E-state index contributed by atoms with van der Waals surface area (Å²) in [5.41, 5.74) is 0. The molecule has 0 unspecified atom stereocenters. The van der Waals surface area contributed by atoms with E-state index in [-0.39, 0.29) is 0 Å². The van der Waals surface area contributed by atoms with Gasteiger partial charge in [-0.1, -0.05) is 0 Å². The monoisotopic (exact) mass is 124 g/mol. The zero-order valence-corrected chi connectivity index (χ0v) is 5.12. The van der Waals surface area contributed by atoms with E-state index in [9.17, 15) is 0 Å². The van der Waals surface area contributed by atoms with Gasteiger partial charge in [-0.15, -0.1) is 5.10 Å². The molecule has 4 heteroatoms. The van der Waals surface area contributed by atoms with Crippen LogP contribution in [0.25, 0.3) is 0 Å². The first-order valence-corrected chi connectivity index (χ1v) is 3.22. The van der Waals surface area contributed by atoms with Crippen LogP contribution in [0.1, 0.15) is 18.7 Å². The Hall–Kier alpha value is -0.930. The van der Waals surface area contributed by atoms with Crippen LogP contribution in [-0.4, -0.2) is 20.2 Å². The predicted octanol–water partition coefficient (Wildman–Crippen LogP) is 0.00940. The minimum absolute atomic E-state index is 1.00. The van der Waals surface area contributed by atoms with Gasteiger partial charge < -0.3 is 0 Å². The Morgan fingerprint density at radius 3 is 3.22 bits per heavy atom. The van der Waals surface area contributed by atoms with E-state index in [1.165, 1.54) is 12.8 Å². The molecule has 2 rings (SSSR count). The third-order valence-corrected chi connectivity index (χ3v) is 1.63. The van der Waals surface area contributed by atoms with Gasteiger partial charge in [0.1, 0.15) is 0 Å². The first-order valence-electron chi connectivity index (χ1n) is 3.22. The molecule has 0 bridgehead atoms. The van der Waals surface area contributed by atoms with Crippen LogP contribution in [0.5, 0.6) is 0 Å². The molecule has 1 aromatic heterocycles. The number of nitrogens with zero attached hydrogens (tertiary/aromatic N) is 4. The number of rotatable bonds is 0. The van der Waals surface area contributed by atoms with Crippen molar-refractivity contribution in [1.82, 2.24) is 20.2 Å². The standard InChI is InChI=1S/C5H8N4/c1-2-4-9-5(3-1)6-7-8-9/h1-4H2. The summed E-state index contributed by atoms with van der Waals surface area (Å²) < 4.78 is 1.88. The fourth-order valence-electron chi connectivity index (χ4n) is 1.12. The van der Waals surface area contributed by atoms with E-state index in [1.807, 2.05) is 4.68 Å². The number of aryl methyl sites for hydroxylation is 2. The molecule has 0 radical (unpaired) electrons. The molecule has 0 saturated heterocycles. The number of aromatic nitrogens is 4. The summed E-state index contributed by atoms with van der Waals surface area (Å²) in [7, 11) is 0. The van der Waals surface area contributed by atoms with Crippen molar-refractivity contribution in [3.63, 3.8) is 0 Å². The second-order valence-electron chi connectivity index (χ2n) is 2.28. The maximum absolute atomic E-state index is 3.86. The lowest BCUT2D eigenvalue weighted by atomic mass is 10.2. The molecule has 1 aromatic rings. The molecule has 2 heterocycles. The van der Waals surface area contributed by atoms with Gasteiger partial charge in [0, 0.05) is 13.0 Å². The van der Waals surface area contributed by atoms with E-state index in [4.69, 9.17) is 0 Å². The van der Waals surface area contributed by atoms with Gasteiger partial charge in [0.15, 0.2) is 5.82 Å². The lowest BCUT2D eigenvalue weighted by molar-refractivity contribution is 0.474. The molecule has 0 atom stereocenters. The Bertz CT molecular complexity index is 184. The molecule has 0 aromatic carbocycles. The van der Waals surface area contributed by atoms with Crippen LogP contribution < -0.4 is 0 Å². The second-order valence-corrected chi connectivity index (χ2v) is 2.28. The van der Waals surface area contributed by atoms with Gasteiger partial charge in [-0.05, 0) is 23.3 Å².